The van der Waals surface area contributed by atoms with Gasteiger partial charge in [-0.05, 0) is 30.3 Å². The van der Waals surface area contributed by atoms with E-state index in [0.717, 1.165) is 17.3 Å². The highest BCUT2D eigenvalue weighted by atomic mass is 19.4. The number of halogens is 3. The number of anilines is 2. The second kappa shape index (κ2) is 10.2. The number of carbonyl (C=O) groups is 1. The van der Waals surface area contributed by atoms with Crippen LogP contribution >= 0.6 is 0 Å². The van der Waals surface area contributed by atoms with Crippen LogP contribution in [0.25, 0.3) is 0 Å². The Hall–Kier alpha value is -3.27. The van der Waals surface area contributed by atoms with Crippen molar-refractivity contribution in [2.24, 2.45) is 22.4 Å². The van der Waals surface area contributed by atoms with Gasteiger partial charge in [-0.2, -0.15) is 13.2 Å². The summed E-state index contributed by atoms with van der Waals surface area (Å²) in [5.74, 6) is 4.77. The van der Waals surface area contributed by atoms with Crippen LogP contribution in [0.2, 0.25) is 0 Å². The van der Waals surface area contributed by atoms with Crippen LogP contribution in [0.3, 0.4) is 0 Å². The molecule has 10 heteroatoms. The molecular formula is C18H23F3N6O. The minimum atomic E-state index is -4.45. The molecule has 28 heavy (non-hydrogen) atoms. The van der Waals surface area contributed by atoms with Crippen LogP contribution in [0.1, 0.15) is 25.0 Å². The average molecular weight is 396 g/mol. The molecule has 2 aromatic rings. The molecule has 152 valence electrons. The number of hydrogen-bond acceptors (Lipinski definition) is 5. The molecule has 0 aliphatic rings. The number of carbonyl (C=O) groups excluding carboxylic acids is 1. The normalized spacial score (nSPS) is 11.3. The summed E-state index contributed by atoms with van der Waals surface area (Å²) in [6.45, 7) is 3.66. The number of nitrogens with zero attached hydrogens (tertiary/aromatic N) is 2. The number of amidine groups is 1. The number of hydrazine groups is 1. The van der Waals surface area contributed by atoms with Crippen LogP contribution in [0.5, 0.6) is 0 Å². The minimum absolute atomic E-state index is 0.0381. The van der Waals surface area contributed by atoms with Gasteiger partial charge in [-0.25, -0.2) is 11.0 Å². The first kappa shape index (κ1) is 22.8. The van der Waals surface area contributed by atoms with Gasteiger partial charge in [0.1, 0.15) is 6.54 Å². The van der Waals surface area contributed by atoms with Gasteiger partial charge in [0.05, 0.1) is 5.56 Å². The first-order chi connectivity index (χ1) is 13.2. The topological polar surface area (TPSA) is 123 Å². The van der Waals surface area contributed by atoms with E-state index < -0.39 is 17.6 Å². The van der Waals surface area contributed by atoms with E-state index in [2.05, 4.69) is 10.4 Å². The molecule has 0 aliphatic carbocycles. The lowest BCUT2D eigenvalue weighted by Gasteiger charge is -2.15. The van der Waals surface area contributed by atoms with E-state index in [-0.39, 0.29) is 18.1 Å². The van der Waals surface area contributed by atoms with Crippen LogP contribution in [0, 0.1) is 0 Å². The lowest BCUT2D eigenvalue weighted by atomic mass is 10.1. The van der Waals surface area contributed by atoms with Crippen molar-refractivity contribution < 1.29 is 18.0 Å². The lowest BCUT2D eigenvalue weighted by Crippen LogP contribution is -2.37. The first-order valence-corrected chi connectivity index (χ1v) is 8.35. The number of primary amides is 1. The van der Waals surface area contributed by atoms with Crippen LogP contribution in [0.15, 0.2) is 53.6 Å². The van der Waals surface area contributed by atoms with Gasteiger partial charge in [-0.15, -0.1) is 5.10 Å². The zero-order chi connectivity index (χ0) is 21.3. The zero-order valence-corrected chi connectivity index (χ0v) is 15.5. The number of alkyl halides is 3. The molecule has 2 rings (SSSR count). The highest BCUT2D eigenvalue weighted by Gasteiger charge is 2.30. The van der Waals surface area contributed by atoms with Crippen LogP contribution in [0.4, 0.5) is 24.5 Å². The summed E-state index contributed by atoms with van der Waals surface area (Å²) in [5, 5.41) is 7.48. The number of para-hydroxylation sites is 1. The third kappa shape index (κ3) is 6.80. The smallest absolute Gasteiger partial charge is 0.382 e. The second-order valence-corrected chi connectivity index (χ2v) is 5.30. The van der Waals surface area contributed by atoms with Crippen molar-refractivity contribution in [2.45, 2.75) is 20.0 Å². The summed E-state index contributed by atoms with van der Waals surface area (Å²) in [6, 6.07) is 11.3. The number of hydrogen-bond donors (Lipinski definition) is 4. The Balaban J connectivity index is 0.00000190. The van der Waals surface area contributed by atoms with E-state index in [1.165, 1.54) is 12.1 Å². The molecule has 0 aromatic heterocycles. The summed E-state index contributed by atoms with van der Waals surface area (Å²) in [5.41, 5.74) is 11.1. The Bertz CT molecular complexity index is 823. The van der Waals surface area contributed by atoms with Crippen molar-refractivity contribution >= 4 is 23.1 Å². The number of nitrogens with two attached hydrogens (primary N) is 3. The summed E-state index contributed by atoms with van der Waals surface area (Å²) in [4.78, 5) is 10.8. The summed E-state index contributed by atoms with van der Waals surface area (Å²) < 4.78 is 38.5. The average Bonchev–Trinajstić information content (AvgIpc) is 2.62. The van der Waals surface area contributed by atoms with Crippen LogP contribution in [-0.4, -0.2) is 23.4 Å². The van der Waals surface area contributed by atoms with Gasteiger partial charge in [0, 0.05) is 16.9 Å². The van der Waals surface area contributed by atoms with Gasteiger partial charge in [0.15, 0.2) is 5.84 Å². The highest BCUT2D eigenvalue weighted by Crippen LogP contribution is 2.31. The van der Waals surface area contributed by atoms with Gasteiger partial charge < -0.3 is 16.8 Å². The molecule has 0 radical (unpaired) electrons. The molecule has 0 bridgehead atoms. The van der Waals surface area contributed by atoms with Crippen LogP contribution in [-0.2, 0) is 11.0 Å². The summed E-state index contributed by atoms with van der Waals surface area (Å²) in [7, 11) is 0. The van der Waals surface area contributed by atoms with Crippen molar-refractivity contribution in [3.8, 4) is 0 Å². The largest absolute Gasteiger partial charge is 0.416 e. The number of nitrogens with one attached hydrogen (secondary N) is 1. The van der Waals surface area contributed by atoms with Crippen molar-refractivity contribution in [1.82, 2.24) is 5.12 Å². The molecule has 0 fully saturated rings. The molecule has 0 saturated heterocycles. The van der Waals surface area contributed by atoms with Crippen molar-refractivity contribution in [2.75, 3.05) is 11.9 Å². The van der Waals surface area contributed by atoms with E-state index >= 15 is 0 Å². The molecule has 1 amide bonds. The predicted octanol–water partition coefficient (Wildman–Crippen LogP) is 2.76. The Morgan fingerprint density at radius 3 is 2.36 bits per heavy atom. The SMILES string of the molecule is CC.NC(=O)CN(N)/N=C(\N)c1ccccc1Nc1cccc(C(F)(F)F)c1. The molecule has 2 aromatic carbocycles. The molecular weight excluding hydrogens is 373 g/mol. The Morgan fingerprint density at radius 1 is 1.11 bits per heavy atom. The second-order valence-electron chi connectivity index (χ2n) is 5.30. The first-order valence-electron chi connectivity index (χ1n) is 8.35. The predicted molar refractivity (Wildman–Crippen MR) is 103 cm³/mol. The maximum Gasteiger partial charge on any atom is 0.416 e. The van der Waals surface area contributed by atoms with Crippen LogP contribution < -0.4 is 22.6 Å². The maximum atomic E-state index is 12.8. The van der Waals surface area contributed by atoms with Gasteiger partial charge in [-0.1, -0.05) is 32.0 Å². The van der Waals surface area contributed by atoms with E-state index in [9.17, 15) is 18.0 Å². The molecule has 7 N–H and O–H groups in total. The van der Waals surface area contributed by atoms with Gasteiger partial charge >= 0.3 is 6.18 Å². The number of hydrazone groups is 1. The fraction of sp³-hybridized carbons (Fsp3) is 0.222. The monoisotopic (exact) mass is 396 g/mol. The number of amides is 1. The summed E-state index contributed by atoms with van der Waals surface area (Å²) >= 11 is 0. The number of benzene rings is 2. The zero-order valence-electron chi connectivity index (χ0n) is 15.5. The van der Waals surface area contributed by atoms with Gasteiger partial charge in [0.25, 0.3) is 0 Å². The van der Waals surface area contributed by atoms with E-state index in [1.54, 1.807) is 24.3 Å². The standard InChI is InChI=1S/C16H17F3N6O.C2H6/c17-16(18,19)10-4-3-5-11(8-10)23-13-7-2-1-6-12(13)15(21)24-25(22)9-14(20)26;1-2/h1-8,23H,9,22H2,(H2,20,26)(H2,21,24);1-2H3. The van der Waals surface area contributed by atoms with Crippen molar-refractivity contribution in [1.29, 1.82) is 0 Å². The Labute approximate surface area is 161 Å². The quantitative estimate of drug-likeness (QED) is 0.259. The summed E-state index contributed by atoms with van der Waals surface area (Å²) in [6.07, 6.45) is -4.45. The fourth-order valence-electron chi connectivity index (χ4n) is 2.13. The number of rotatable bonds is 6. The molecule has 0 unspecified atom stereocenters. The molecule has 0 heterocycles. The molecule has 0 saturated carbocycles. The van der Waals surface area contributed by atoms with E-state index in [4.69, 9.17) is 17.3 Å². The third-order valence-corrected chi connectivity index (χ3v) is 3.23. The van der Waals surface area contributed by atoms with E-state index in [1.807, 2.05) is 13.8 Å². The highest BCUT2D eigenvalue weighted by molar-refractivity contribution is 6.02. The minimum Gasteiger partial charge on any atom is -0.382 e. The Morgan fingerprint density at radius 2 is 1.75 bits per heavy atom. The molecule has 0 spiro atoms. The lowest BCUT2D eigenvalue weighted by molar-refractivity contribution is -0.137. The van der Waals surface area contributed by atoms with Crippen molar-refractivity contribution in [3.63, 3.8) is 0 Å². The maximum absolute atomic E-state index is 12.8. The van der Waals surface area contributed by atoms with E-state index in [0.29, 0.717) is 11.3 Å². The van der Waals surface area contributed by atoms with Crippen molar-refractivity contribution in [3.05, 3.63) is 59.7 Å². The van der Waals surface area contributed by atoms with Gasteiger partial charge in [-0.3, -0.25) is 4.79 Å². The molecule has 7 nitrogen and oxygen atoms in total. The third-order valence-electron chi connectivity index (χ3n) is 3.23. The fourth-order valence-corrected chi connectivity index (χ4v) is 2.13. The molecule has 0 atom stereocenters. The molecule has 0 aliphatic heterocycles. The van der Waals surface area contributed by atoms with Gasteiger partial charge in [0.2, 0.25) is 5.91 Å². The Kier molecular flexibility index (Phi) is 8.27.